The van der Waals surface area contributed by atoms with Gasteiger partial charge in [-0.2, -0.15) is 0 Å². The number of hydrogen-bond donors (Lipinski definition) is 0. The van der Waals surface area contributed by atoms with Gasteiger partial charge in [-0.25, -0.2) is 0 Å². The lowest BCUT2D eigenvalue weighted by atomic mass is 9.95. The summed E-state index contributed by atoms with van der Waals surface area (Å²) in [6, 6.07) is 16.7. The van der Waals surface area contributed by atoms with E-state index in [0.717, 1.165) is 23.8 Å². The molecule has 2 rings (SSSR count). The van der Waals surface area contributed by atoms with E-state index in [2.05, 4.69) is 50.2 Å². The molecule has 0 aliphatic rings. The molecule has 0 heterocycles. The molecular weight excluding hydrogens is 284 g/mol. The molecule has 0 saturated heterocycles. The van der Waals surface area contributed by atoms with Gasteiger partial charge in [-0.15, -0.1) is 0 Å². The normalized spacial score (nSPS) is 10.8. The van der Waals surface area contributed by atoms with E-state index < -0.39 is 0 Å². The quantitative estimate of drug-likeness (QED) is 0.626. The monoisotopic (exact) mass is 312 g/mol. The van der Waals surface area contributed by atoms with Gasteiger partial charge in [0.15, 0.2) is 0 Å². The highest BCUT2D eigenvalue weighted by Crippen LogP contribution is 2.19. The van der Waals surface area contributed by atoms with E-state index in [1.807, 2.05) is 12.1 Å². The van der Waals surface area contributed by atoms with E-state index in [1.54, 1.807) is 7.11 Å². The Morgan fingerprint density at radius 2 is 1.35 bits per heavy atom. The molecule has 124 valence electrons. The van der Waals surface area contributed by atoms with Crippen LogP contribution in [0, 0.1) is 5.92 Å². The molecular formula is C21H28O2. The first-order valence-electron chi connectivity index (χ1n) is 8.59. The first kappa shape index (κ1) is 17.4. The molecule has 0 N–H and O–H groups in total. The Labute approximate surface area is 140 Å². The fourth-order valence-corrected chi connectivity index (χ4v) is 2.71. The molecule has 0 amide bonds. The molecule has 0 aromatic heterocycles. The van der Waals surface area contributed by atoms with E-state index in [-0.39, 0.29) is 0 Å². The molecule has 0 saturated carbocycles. The van der Waals surface area contributed by atoms with Crippen molar-refractivity contribution in [3.63, 3.8) is 0 Å². The summed E-state index contributed by atoms with van der Waals surface area (Å²) in [6.07, 6.45) is 4.56. The van der Waals surface area contributed by atoms with Crippen LogP contribution in [0.4, 0.5) is 0 Å². The predicted molar refractivity (Wildman–Crippen MR) is 96.4 cm³/mol. The Kier molecular flexibility index (Phi) is 6.99. The van der Waals surface area contributed by atoms with Crippen molar-refractivity contribution in [3.05, 3.63) is 59.7 Å². The van der Waals surface area contributed by atoms with Crippen LogP contribution in [0.25, 0.3) is 0 Å². The summed E-state index contributed by atoms with van der Waals surface area (Å²) in [4.78, 5) is 0. The first-order chi connectivity index (χ1) is 11.2. The summed E-state index contributed by atoms with van der Waals surface area (Å²) in [5.41, 5.74) is 2.66. The molecule has 0 spiro atoms. The molecule has 0 aliphatic carbocycles. The van der Waals surface area contributed by atoms with Gasteiger partial charge in [0, 0.05) is 6.42 Å². The number of hydrogen-bond acceptors (Lipinski definition) is 2. The van der Waals surface area contributed by atoms with Gasteiger partial charge in [0.05, 0.1) is 13.7 Å². The molecule has 0 aliphatic heterocycles. The van der Waals surface area contributed by atoms with Gasteiger partial charge in [0.25, 0.3) is 0 Å². The largest absolute Gasteiger partial charge is 0.497 e. The molecule has 0 unspecified atom stereocenters. The zero-order valence-electron chi connectivity index (χ0n) is 14.5. The van der Waals surface area contributed by atoms with Crippen LogP contribution in [0.15, 0.2) is 48.5 Å². The van der Waals surface area contributed by atoms with Crippen LogP contribution in [-0.2, 0) is 12.8 Å². The predicted octanol–water partition coefficient (Wildman–Crippen LogP) is 5.30. The van der Waals surface area contributed by atoms with Crippen LogP contribution in [0.1, 0.15) is 37.8 Å². The Morgan fingerprint density at radius 3 is 1.91 bits per heavy atom. The third kappa shape index (κ3) is 5.63. The van der Waals surface area contributed by atoms with Crippen LogP contribution in [-0.4, -0.2) is 13.7 Å². The smallest absolute Gasteiger partial charge is 0.119 e. The van der Waals surface area contributed by atoms with Crippen molar-refractivity contribution >= 4 is 0 Å². The second-order valence-corrected chi connectivity index (χ2v) is 5.98. The fraction of sp³-hybridized carbons (Fsp3) is 0.429. The van der Waals surface area contributed by atoms with Gasteiger partial charge >= 0.3 is 0 Å². The maximum atomic E-state index is 5.85. The molecule has 0 bridgehead atoms. The van der Waals surface area contributed by atoms with Crippen LogP contribution in [0.5, 0.6) is 11.5 Å². The van der Waals surface area contributed by atoms with Gasteiger partial charge in [-0.05, 0) is 47.7 Å². The van der Waals surface area contributed by atoms with Gasteiger partial charge in [0.1, 0.15) is 11.5 Å². The Hall–Kier alpha value is -1.96. The molecule has 0 atom stereocenters. The first-order valence-corrected chi connectivity index (χ1v) is 8.59. The molecule has 2 aromatic rings. The summed E-state index contributed by atoms with van der Waals surface area (Å²) in [5.74, 6) is 2.63. The highest BCUT2D eigenvalue weighted by Gasteiger charge is 2.05. The van der Waals surface area contributed by atoms with E-state index in [4.69, 9.17) is 9.47 Å². The molecule has 0 fully saturated rings. The van der Waals surface area contributed by atoms with E-state index in [1.165, 1.54) is 30.4 Å². The fourth-order valence-electron chi connectivity index (χ4n) is 2.71. The zero-order valence-corrected chi connectivity index (χ0v) is 14.5. The summed E-state index contributed by atoms with van der Waals surface area (Å²) in [6.45, 7) is 5.23. The van der Waals surface area contributed by atoms with Crippen LogP contribution < -0.4 is 9.47 Å². The Balaban J connectivity index is 1.79. The van der Waals surface area contributed by atoms with Gasteiger partial charge in [-0.3, -0.25) is 0 Å². The second kappa shape index (κ2) is 9.24. The lowest BCUT2D eigenvalue weighted by molar-refractivity contribution is 0.321. The minimum atomic E-state index is 0.693. The van der Waals surface area contributed by atoms with Gasteiger partial charge < -0.3 is 9.47 Å². The average molecular weight is 312 g/mol. The number of ether oxygens (including phenoxy) is 2. The van der Waals surface area contributed by atoms with E-state index in [0.29, 0.717) is 6.61 Å². The second-order valence-electron chi connectivity index (χ2n) is 5.98. The van der Waals surface area contributed by atoms with Gasteiger partial charge in [0.2, 0.25) is 0 Å². The number of methoxy groups -OCH3 is 1. The Bertz CT molecular complexity index is 553. The van der Waals surface area contributed by atoms with Crippen molar-refractivity contribution in [2.45, 2.75) is 39.5 Å². The lowest BCUT2D eigenvalue weighted by Gasteiger charge is -2.12. The molecule has 2 aromatic carbocycles. The third-order valence-corrected chi connectivity index (χ3v) is 4.42. The van der Waals surface area contributed by atoms with Crippen molar-refractivity contribution in [3.8, 4) is 11.5 Å². The maximum absolute atomic E-state index is 5.85. The van der Waals surface area contributed by atoms with Crippen molar-refractivity contribution in [2.75, 3.05) is 13.7 Å². The summed E-state index contributed by atoms with van der Waals surface area (Å²) < 4.78 is 11.0. The van der Waals surface area contributed by atoms with Crippen molar-refractivity contribution in [1.82, 2.24) is 0 Å². The minimum Gasteiger partial charge on any atom is -0.497 e. The van der Waals surface area contributed by atoms with Crippen LogP contribution in [0.3, 0.4) is 0 Å². The van der Waals surface area contributed by atoms with Crippen molar-refractivity contribution in [2.24, 2.45) is 5.92 Å². The third-order valence-electron chi connectivity index (χ3n) is 4.42. The number of benzene rings is 2. The number of rotatable bonds is 9. The topological polar surface area (TPSA) is 18.5 Å². The zero-order chi connectivity index (χ0) is 16.5. The van der Waals surface area contributed by atoms with E-state index in [9.17, 15) is 0 Å². The summed E-state index contributed by atoms with van der Waals surface area (Å²) >= 11 is 0. The van der Waals surface area contributed by atoms with Crippen LogP contribution in [0.2, 0.25) is 0 Å². The molecule has 23 heavy (non-hydrogen) atoms. The highest BCUT2D eigenvalue weighted by molar-refractivity contribution is 5.29. The van der Waals surface area contributed by atoms with Crippen LogP contribution >= 0.6 is 0 Å². The molecule has 0 radical (unpaired) electrons. The standard InChI is InChI=1S/C21H28O2/c1-4-17(5-2)16-19-8-12-21(13-9-19)23-15-14-18-6-10-20(22-3)11-7-18/h6-13,17H,4-5,14-16H2,1-3H3. The van der Waals surface area contributed by atoms with Gasteiger partial charge in [-0.1, -0.05) is 51.0 Å². The highest BCUT2D eigenvalue weighted by atomic mass is 16.5. The lowest BCUT2D eigenvalue weighted by Crippen LogP contribution is -2.03. The van der Waals surface area contributed by atoms with Crippen molar-refractivity contribution < 1.29 is 9.47 Å². The average Bonchev–Trinajstić information content (AvgIpc) is 2.61. The SMILES string of the molecule is CCC(CC)Cc1ccc(OCCc2ccc(OC)cc2)cc1. The van der Waals surface area contributed by atoms with Crippen molar-refractivity contribution in [1.29, 1.82) is 0 Å². The summed E-state index contributed by atoms with van der Waals surface area (Å²) in [7, 11) is 1.69. The minimum absolute atomic E-state index is 0.693. The molecule has 2 nitrogen and oxygen atoms in total. The Morgan fingerprint density at radius 1 is 0.783 bits per heavy atom. The summed E-state index contributed by atoms with van der Waals surface area (Å²) in [5, 5.41) is 0. The maximum Gasteiger partial charge on any atom is 0.119 e. The van der Waals surface area contributed by atoms with E-state index >= 15 is 0 Å². The molecule has 2 heteroatoms.